The van der Waals surface area contributed by atoms with Crippen molar-refractivity contribution >= 4 is 5.69 Å². The van der Waals surface area contributed by atoms with Gasteiger partial charge in [0.1, 0.15) is 5.82 Å². The van der Waals surface area contributed by atoms with Gasteiger partial charge in [0, 0.05) is 19.1 Å². The third-order valence-corrected chi connectivity index (χ3v) is 4.47. The second kappa shape index (κ2) is 4.52. The van der Waals surface area contributed by atoms with Gasteiger partial charge >= 0.3 is 0 Å². The average molecular weight is 249 g/mol. The van der Waals surface area contributed by atoms with E-state index in [0.29, 0.717) is 18.3 Å². The van der Waals surface area contributed by atoms with Crippen LogP contribution in [0.5, 0.6) is 0 Å². The van der Waals surface area contributed by atoms with Gasteiger partial charge in [-0.15, -0.1) is 0 Å². The predicted molar refractivity (Wildman–Crippen MR) is 71.0 cm³/mol. The van der Waals surface area contributed by atoms with Gasteiger partial charge in [0.05, 0.1) is 11.2 Å². The molecule has 2 aliphatic heterocycles. The Labute approximate surface area is 107 Å². The standard InChI is InChI=1S/C14H20FN3/c15-11-4-1-2-5-12(11)17-14(10-16)7-9-18-8-3-6-13(14)18/h1-2,4-5,13,17H,3,6-10,16H2. The van der Waals surface area contributed by atoms with Crippen LogP contribution < -0.4 is 11.1 Å². The summed E-state index contributed by atoms with van der Waals surface area (Å²) in [5.74, 6) is -0.193. The molecular weight excluding hydrogens is 229 g/mol. The maximum Gasteiger partial charge on any atom is 0.146 e. The number of halogens is 1. The van der Waals surface area contributed by atoms with Crippen molar-refractivity contribution in [2.24, 2.45) is 5.73 Å². The highest BCUT2D eigenvalue weighted by atomic mass is 19.1. The van der Waals surface area contributed by atoms with Crippen LogP contribution in [0.25, 0.3) is 0 Å². The normalized spacial score (nSPS) is 31.6. The molecule has 0 bridgehead atoms. The van der Waals surface area contributed by atoms with Crippen molar-refractivity contribution in [3.8, 4) is 0 Å². The molecule has 3 nitrogen and oxygen atoms in total. The van der Waals surface area contributed by atoms with E-state index in [1.54, 1.807) is 12.1 Å². The number of nitrogens with one attached hydrogen (secondary N) is 1. The summed E-state index contributed by atoms with van der Waals surface area (Å²) in [4.78, 5) is 2.49. The highest BCUT2D eigenvalue weighted by molar-refractivity contribution is 5.48. The van der Waals surface area contributed by atoms with E-state index >= 15 is 0 Å². The first kappa shape index (κ1) is 11.9. The van der Waals surface area contributed by atoms with Gasteiger partial charge in [-0.25, -0.2) is 4.39 Å². The second-order valence-electron chi connectivity index (χ2n) is 5.41. The van der Waals surface area contributed by atoms with Crippen LogP contribution in [-0.2, 0) is 0 Å². The van der Waals surface area contributed by atoms with Crippen LogP contribution in [-0.4, -0.2) is 36.1 Å². The molecule has 1 aromatic carbocycles. The third kappa shape index (κ3) is 1.80. The Morgan fingerprint density at radius 1 is 1.39 bits per heavy atom. The quantitative estimate of drug-likeness (QED) is 0.858. The lowest BCUT2D eigenvalue weighted by Crippen LogP contribution is -2.53. The third-order valence-electron chi connectivity index (χ3n) is 4.47. The van der Waals surface area contributed by atoms with Crippen LogP contribution in [0.15, 0.2) is 24.3 Å². The number of hydrogen-bond acceptors (Lipinski definition) is 3. The van der Waals surface area contributed by atoms with Gasteiger partial charge in [-0.1, -0.05) is 12.1 Å². The van der Waals surface area contributed by atoms with E-state index in [2.05, 4.69) is 10.2 Å². The highest BCUT2D eigenvalue weighted by Gasteiger charge is 2.48. The molecule has 3 N–H and O–H groups in total. The zero-order valence-corrected chi connectivity index (χ0v) is 10.5. The van der Waals surface area contributed by atoms with Crippen molar-refractivity contribution in [2.75, 3.05) is 25.0 Å². The van der Waals surface area contributed by atoms with E-state index in [1.807, 2.05) is 6.07 Å². The monoisotopic (exact) mass is 249 g/mol. The first-order valence-corrected chi connectivity index (χ1v) is 6.72. The zero-order chi connectivity index (χ0) is 12.6. The van der Waals surface area contributed by atoms with Crippen LogP contribution in [0.4, 0.5) is 10.1 Å². The SMILES string of the molecule is NCC1(Nc2ccccc2F)CCN2CCCC21. The summed E-state index contributed by atoms with van der Waals surface area (Å²) in [6, 6.07) is 7.32. The number of rotatable bonds is 3. The molecule has 2 fully saturated rings. The largest absolute Gasteiger partial charge is 0.374 e. The number of hydrogen-bond donors (Lipinski definition) is 2. The molecule has 0 saturated carbocycles. The van der Waals surface area contributed by atoms with Gasteiger partial charge in [-0.05, 0) is 37.9 Å². The minimum atomic E-state index is -0.193. The van der Waals surface area contributed by atoms with Crippen LogP contribution in [0.3, 0.4) is 0 Å². The summed E-state index contributed by atoms with van der Waals surface area (Å²) >= 11 is 0. The minimum absolute atomic E-state index is 0.154. The molecule has 0 radical (unpaired) electrons. The van der Waals surface area contributed by atoms with Gasteiger partial charge < -0.3 is 11.1 Å². The predicted octanol–water partition coefficient (Wildman–Crippen LogP) is 1.80. The van der Waals surface area contributed by atoms with Crippen LogP contribution in [0.1, 0.15) is 19.3 Å². The number of nitrogens with two attached hydrogens (primary N) is 1. The fourth-order valence-electron chi connectivity index (χ4n) is 3.50. The van der Waals surface area contributed by atoms with E-state index in [4.69, 9.17) is 5.73 Å². The Kier molecular flexibility index (Phi) is 2.99. The van der Waals surface area contributed by atoms with Crippen LogP contribution in [0.2, 0.25) is 0 Å². The lowest BCUT2D eigenvalue weighted by Gasteiger charge is -2.36. The smallest absolute Gasteiger partial charge is 0.146 e. The summed E-state index contributed by atoms with van der Waals surface area (Å²) in [5, 5.41) is 3.40. The minimum Gasteiger partial charge on any atom is -0.374 e. The van der Waals surface area contributed by atoms with E-state index in [1.165, 1.54) is 18.9 Å². The molecule has 2 heterocycles. The Hall–Kier alpha value is -1.13. The molecular formula is C14H20FN3. The van der Waals surface area contributed by atoms with Crippen molar-refractivity contribution in [2.45, 2.75) is 30.8 Å². The lowest BCUT2D eigenvalue weighted by molar-refractivity contribution is 0.280. The molecule has 0 spiro atoms. The van der Waals surface area contributed by atoms with Crippen molar-refractivity contribution in [3.63, 3.8) is 0 Å². The number of anilines is 1. The molecule has 2 atom stereocenters. The van der Waals surface area contributed by atoms with Gasteiger partial charge in [-0.2, -0.15) is 0 Å². The summed E-state index contributed by atoms with van der Waals surface area (Å²) < 4.78 is 13.8. The topological polar surface area (TPSA) is 41.3 Å². The van der Waals surface area contributed by atoms with Gasteiger partial charge in [0.2, 0.25) is 0 Å². The molecule has 4 heteroatoms. The Bertz CT molecular complexity index is 437. The fourth-order valence-corrected chi connectivity index (χ4v) is 3.50. The first-order valence-electron chi connectivity index (χ1n) is 6.72. The Morgan fingerprint density at radius 2 is 2.22 bits per heavy atom. The molecule has 98 valence electrons. The Morgan fingerprint density at radius 3 is 3.00 bits per heavy atom. The summed E-state index contributed by atoms with van der Waals surface area (Å²) in [5.41, 5.74) is 6.44. The molecule has 3 rings (SSSR count). The van der Waals surface area contributed by atoms with E-state index < -0.39 is 0 Å². The maximum atomic E-state index is 13.8. The maximum absolute atomic E-state index is 13.8. The first-order chi connectivity index (χ1) is 8.75. The Balaban J connectivity index is 1.87. The number of para-hydroxylation sites is 1. The zero-order valence-electron chi connectivity index (χ0n) is 10.5. The summed E-state index contributed by atoms with van der Waals surface area (Å²) in [7, 11) is 0. The second-order valence-corrected chi connectivity index (χ2v) is 5.41. The average Bonchev–Trinajstić information content (AvgIpc) is 2.96. The van der Waals surface area contributed by atoms with Crippen LogP contribution >= 0.6 is 0 Å². The lowest BCUT2D eigenvalue weighted by atomic mass is 9.88. The molecule has 2 unspecified atom stereocenters. The van der Waals surface area contributed by atoms with Crippen LogP contribution in [0, 0.1) is 5.82 Å². The number of benzene rings is 1. The summed E-state index contributed by atoms with van der Waals surface area (Å²) in [6.07, 6.45) is 3.40. The molecule has 18 heavy (non-hydrogen) atoms. The van der Waals surface area contributed by atoms with E-state index in [0.717, 1.165) is 19.5 Å². The molecule has 1 aromatic rings. The van der Waals surface area contributed by atoms with Crippen molar-refractivity contribution in [1.82, 2.24) is 4.90 Å². The van der Waals surface area contributed by atoms with Gasteiger partial charge in [-0.3, -0.25) is 4.90 Å². The summed E-state index contributed by atoms with van der Waals surface area (Å²) in [6.45, 7) is 2.79. The van der Waals surface area contributed by atoms with Gasteiger partial charge in [0.25, 0.3) is 0 Å². The van der Waals surface area contributed by atoms with Crippen molar-refractivity contribution < 1.29 is 4.39 Å². The molecule has 0 aliphatic carbocycles. The van der Waals surface area contributed by atoms with Crippen molar-refractivity contribution in [3.05, 3.63) is 30.1 Å². The molecule has 2 saturated heterocycles. The molecule has 2 aliphatic rings. The highest BCUT2D eigenvalue weighted by Crippen LogP contribution is 2.38. The molecule has 0 amide bonds. The number of fused-ring (bicyclic) bond motifs is 1. The van der Waals surface area contributed by atoms with E-state index in [-0.39, 0.29) is 11.4 Å². The molecule has 0 aromatic heterocycles. The fraction of sp³-hybridized carbons (Fsp3) is 0.571. The van der Waals surface area contributed by atoms with Gasteiger partial charge in [0.15, 0.2) is 0 Å². The number of nitrogens with zero attached hydrogens (tertiary/aromatic N) is 1. The van der Waals surface area contributed by atoms with E-state index in [9.17, 15) is 4.39 Å². The van der Waals surface area contributed by atoms with Crippen molar-refractivity contribution in [1.29, 1.82) is 0 Å².